The first kappa shape index (κ1) is 14.2. The maximum atomic E-state index is 12.0. The number of sulfonamides is 1. The minimum absolute atomic E-state index is 0.489. The molecule has 90 valence electrons. The zero-order chi connectivity index (χ0) is 12.3. The van der Waals surface area contributed by atoms with E-state index >= 15 is 0 Å². The lowest BCUT2D eigenvalue weighted by Gasteiger charge is -2.16. The summed E-state index contributed by atoms with van der Waals surface area (Å²) in [7, 11) is -4.55. The van der Waals surface area contributed by atoms with Gasteiger partial charge in [-0.1, -0.05) is 0 Å². The van der Waals surface area contributed by atoms with Crippen LogP contribution in [0.2, 0.25) is 0 Å². The van der Waals surface area contributed by atoms with E-state index in [0.29, 0.717) is 6.92 Å². The molecule has 0 radical (unpaired) electrons. The molecule has 5 nitrogen and oxygen atoms in total. The SMILES string of the molecule is CC(C(F)(F)F)S(=O)(=O)NCCC(=O)O. The van der Waals surface area contributed by atoms with E-state index in [0.717, 1.165) is 0 Å². The number of alkyl halides is 3. The monoisotopic (exact) mass is 249 g/mol. The fourth-order valence-electron chi connectivity index (χ4n) is 0.601. The second-order valence-corrected chi connectivity index (χ2v) is 4.85. The van der Waals surface area contributed by atoms with Crippen LogP contribution in [0.15, 0.2) is 0 Å². The zero-order valence-electron chi connectivity index (χ0n) is 7.71. The van der Waals surface area contributed by atoms with Crippen LogP contribution in [0.1, 0.15) is 13.3 Å². The highest BCUT2D eigenvalue weighted by Crippen LogP contribution is 2.24. The van der Waals surface area contributed by atoms with Crippen molar-refractivity contribution in [3.63, 3.8) is 0 Å². The summed E-state index contributed by atoms with van der Waals surface area (Å²) in [4.78, 5) is 9.99. The lowest BCUT2D eigenvalue weighted by atomic mass is 10.5. The van der Waals surface area contributed by atoms with Gasteiger partial charge < -0.3 is 5.11 Å². The molecule has 0 saturated carbocycles. The largest absolute Gasteiger partial charge is 0.481 e. The Bertz CT molecular complexity index is 324. The van der Waals surface area contributed by atoms with Crippen molar-refractivity contribution in [1.29, 1.82) is 0 Å². The lowest BCUT2D eigenvalue weighted by Crippen LogP contribution is -2.42. The Hall–Kier alpha value is -0.830. The Morgan fingerprint density at radius 3 is 2.27 bits per heavy atom. The first-order valence-electron chi connectivity index (χ1n) is 3.84. The van der Waals surface area contributed by atoms with Crippen LogP contribution in [-0.4, -0.2) is 37.5 Å². The van der Waals surface area contributed by atoms with Gasteiger partial charge in [-0.15, -0.1) is 0 Å². The molecule has 9 heteroatoms. The van der Waals surface area contributed by atoms with E-state index in [-0.39, 0.29) is 0 Å². The van der Waals surface area contributed by atoms with Gasteiger partial charge >= 0.3 is 12.1 Å². The molecule has 0 aliphatic rings. The van der Waals surface area contributed by atoms with E-state index in [2.05, 4.69) is 0 Å². The molecule has 0 aliphatic heterocycles. The van der Waals surface area contributed by atoms with Crippen molar-refractivity contribution in [2.45, 2.75) is 24.8 Å². The number of halogens is 3. The number of nitrogens with one attached hydrogen (secondary N) is 1. The molecule has 0 heterocycles. The number of carbonyl (C=O) groups is 1. The molecule has 0 bridgehead atoms. The molecule has 15 heavy (non-hydrogen) atoms. The summed E-state index contributed by atoms with van der Waals surface area (Å²) in [6.45, 7) is -0.0683. The van der Waals surface area contributed by atoms with Gasteiger partial charge in [-0.25, -0.2) is 13.1 Å². The van der Waals surface area contributed by atoms with E-state index in [1.807, 2.05) is 0 Å². The van der Waals surface area contributed by atoms with Gasteiger partial charge in [0.25, 0.3) is 0 Å². The van der Waals surface area contributed by atoms with Gasteiger partial charge in [0.1, 0.15) is 0 Å². The predicted molar refractivity (Wildman–Crippen MR) is 44.7 cm³/mol. The van der Waals surface area contributed by atoms with Crippen molar-refractivity contribution in [1.82, 2.24) is 4.72 Å². The topological polar surface area (TPSA) is 83.5 Å². The molecule has 0 aliphatic carbocycles. The molecule has 0 spiro atoms. The van der Waals surface area contributed by atoms with Gasteiger partial charge in [-0.2, -0.15) is 13.2 Å². The summed E-state index contributed by atoms with van der Waals surface area (Å²) in [5.41, 5.74) is 0. The molecule has 2 N–H and O–H groups in total. The molecule has 1 unspecified atom stereocenters. The molecule has 0 amide bonds. The first-order valence-corrected chi connectivity index (χ1v) is 5.39. The van der Waals surface area contributed by atoms with Crippen LogP contribution in [0.4, 0.5) is 13.2 Å². The average molecular weight is 249 g/mol. The summed E-state index contributed by atoms with van der Waals surface area (Å²) in [6.07, 6.45) is -5.43. The molecule has 0 rings (SSSR count). The second-order valence-electron chi connectivity index (χ2n) is 2.77. The van der Waals surface area contributed by atoms with Crippen molar-refractivity contribution in [3.8, 4) is 0 Å². The Morgan fingerprint density at radius 1 is 1.47 bits per heavy atom. The summed E-state index contributed by atoms with van der Waals surface area (Å²) in [5, 5.41) is 5.60. The van der Waals surface area contributed by atoms with Crippen LogP contribution in [-0.2, 0) is 14.8 Å². The van der Waals surface area contributed by atoms with Crippen LogP contribution < -0.4 is 4.72 Å². The summed E-state index contributed by atoms with van der Waals surface area (Å²) in [6, 6.07) is 0. The summed E-state index contributed by atoms with van der Waals surface area (Å²) in [5.74, 6) is -1.29. The maximum absolute atomic E-state index is 12.0. The van der Waals surface area contributed by atoms with Gasteiger partial charge in [0, 0.05) is 6.54 Å². The third-order valence-electron chi connectivity index (χ3n) is 1.57. The van der Waals surface area contributed by atoms with Crippen molar-refractivity contribution < 1.29 is 31.5 Å². The fourth-order valence-corrected chi connectivity index (χ4v) is 1.59. The van der Waals surface area contributed by atoms with Crippen molar-refractivity contribution >= 4 is 16.0 Å². The predicted octanol–water partition coefficient (Wildman–Crippen LogP) is 0.331. The molecular weight excluding hydrogens is 239 g/mol. The molecule has 1 atom stereocenters. The zero-order valence-corrected chi connectivity index (χ0v) is 8.52. The third kappa shape index (κ3) is 4.98. The van der Waals surface area contributed by atoms with Crippen LogP contribution in [0.25, 0.3) is 0 Å². The summed E-state index contributed by atoms with van der Waals surface area (Å²) < 4.78 is 59.4. The quantitative estimate of drug-likeness (QED) is 0.735. The van der Waals surface area contributed by atoms with Gasteiger partial charge in [-0.05, 0) is 6.92 Å². The van der Waals surface area contributed by atoms with Gasteiger partial charge in [0.2, 0.25) is 10.0 Å². The Labute approximate surface area is 84.3 Å². The van der Waals surface area contributed by atoms with E-state index in [1.165, 1.54) is 0 Å². The van der Waals surface area contributed by atoms with Gasteiger partial charge in [0.15, 0.2) is 5.25 Å². The van der Waals surface area contributed by atoms with Crippen molar-refractivity contribution in [2.24, 2.45) is 0 Å². The highest BCUT2D eigenvalue weighted by atomic mass is 32.2. The Morgan fingerprint density at radius 2 is 1.93 bits per heavy atom. The molecular formula is C6H10F3NO4S. The number of carboxylic acids is 1. The fraction of sp³-hybridized carbons (Fsp3) is 0.833. The first-order chi connectivity index (χ1) is 6.57. The second kappa shape index (κ2) is 4.79. The van der Waals surface area contributed by atoms with E-state index in [9.17, 15) is 26.4 Å². The normalized spacial score (nSPS) is 14.9. The molecule has 0 aromatic rings. The number of hydrogen-bond acceptors (Lipinski definition) is 3. The average Bonchev–Trinajstić information content (AvgIpc) is 2.00. The van der Waals surface area contributed by atoms with Crippen molar-refractivity contribution in [2.75, 3.05) is 6.54 Å². The standard InChI is InChI=1S/C6H10F3NO4S/c1-4(6(7,8)9)15(13,14)10-3-2-5(11)12/h4,10H,2-3H2,1H3,(H,11,12). The minimum atomic E-state index is -4.87. The van der Waals surface area contributed by atoms with E-state index < -0.39 is 40.4 Å². The third-order valence-corrected chi connectivity index (χ3v) is 3.37. The highest BCUT2D eigenvalue weighted by Gasteiger charge is 2.44. The Balaban J connectivity index is 4.38. The number of hydrogen-bond donors (Lipinski definition) is 2. The van der Waals surface area contributed by atoms with Crippen LogP contribution in [0.3, 0.4) is 0 Å². The lowest BCUT2D eigenvalue weighted by molar-refractivity contribution is -0.136. The smallest absolute Gasteiger partial charge is 0.406 e. The number of carboxylic acid groups (broad SMARTS) is 1. The van der Waals surface area contributed by atoms with Crippen LogP contribution in [0.5, 0.6) is 0 Å². The summed E-state index contributed by atoms with van der Waals surface area (Å²) >= 11 is 0. The number of aliphatic carboxylic acids is 1. The Kier molecular flexibility index (Phi) is 4.53. The van der Waals surface area contributed by atoms with E-state index in [1.54, 1.807) is 4.72 Å². The molecule has 0 aromatic heterocycles. The molecule has 0 aromatic carbocycles. The van der Waals surface area contributed by atoms with Gasteiger partial charge in [0.05, 0.1) is 6.42 Å². The van der Waals surface area contributed by atoms with Crippen molar-refractivity contribution in [3.05, 3.63) is 0 Å². The van der Waals surface area contributed by atoms with E-state index in [4.69, 9.17) is 5.11 Å². The van der Waals surface area contributed by atoms with Crippen LogP contribution >= 0.6 is 0 Å². The molecule has 0 saturated heterocycles. The number of rotatable bonds is 5. The molecule has 0 fully saturated rings. The van der Waals surface area contributed by atoms with Gasteiger partial charge in [-0.3, -0.25) is 4.79 Å². The minimum Gasteiger partial charge on any atom is -0.481 e. The maximum Gasteiger partial charge on any atom is 0.406 e. The highest BCUT2D eigenvalue weighted by molar-refractivity contribution is 7.90. The van der Waals surface area contributed by atoms with Crippen LogP contribution in [0, 0.1) is 0 Å².